The van der Waals surface area contributed by atoms with Crippen LogP contribution in [0.2, 0.25) is 0 Å². The SMILES string of the molecule is O=C(Nc1ccccc1-n1ccnc1)c1ccc(I)cc1. The Balaban J connectivity index is 1.88. The molecule has 1 heterocycles. The lowest BCUT2D eigenvalue weighted by Gasteiger charge is -2.11. The molecule has 2 aromatic carbocycles. The minimum atomic E-state index is -0.126. The average molecular weight is 389 g/mol. The van der Waals surface area contributed by atoms with E-state index in [4.69, 9.17) is 0 Å². The van der Waals surface area contributed by atoms with Gasteiger partial charge in [-0.1, -0.05) is 12.1 Å². The van der Waals surface area contributed by atoms with Gasteiger partial charge in [0, 0.05) is 21.5 Å². The van der Waals surface area contributed by atoms with Gasteiger partial charge in [-0.3, -0.25) is 4.79 Å². The Morgan fingerprint density at radius 3 is 2.57 bits per heavy atom. The number of carbonyl (C=O) groups excluding carboxylic acids is 1. The molecule has 0 aliphatic heterocycles. The van der Waals surface area contributed by atoms with Crippen LogP contribution in [0.5, 0.6) is 0 Å². The zero-order valence-corrected chi connectivity index (χ0v) is 13.2. The first kappa shape index (κ1) is 13.8. The first-order valence-electron chi connectivity index (χ1n) is 6.38. The second kappa shape index (κ2) is 6.09. The third-order valence-electron chi connectivity index (χ3n) is 3.04. The fourth-order valence-electron chi connectivity index (χ4n) is 2.00. The number of hydrogen-bond donors (Lipinski definition) is 1. The number of amides is 1. The second-order valence-electron chi connectivity index (χ2n) is 4.45. The highest BCUT2D eigenvalue weighted by Crippen LogP contribution is 2.20. The second-order valence-corrected chi connectivity index (χ2v) is 5.69. The number of hydrogen-bond acceptors (Lipinski definition) is 2. The summed E-state index contributed by atoms with van der Waals surface area (Å²) in [5, 5.41) is 2.94. The van der Waals surface area contributed by atoms with Crippen LogP contribution in [-0.4, -0.2) is 15.5 Å². The lowest BCUT2D eigenvalue weighted by Crippen LogP contribution is -2.13. The van der Waals surface area contributed by atoms with Crippen molar-refractivity contribution in [3.8, 4) is 5.69 Å². The Morgan fingerprint density at radius 1 is 1.10 bits per heavy atom. The largest absolute Gasteiger partial charge is 0.320 e. The Hall–Kier alpha value is -2.15. The maximum atomic E-state index is 12.3. The van der Waals surface area contributed by atoms with E-state index in [1.807, 2.05) is 59.3 Å². The molecule has 5 heteroatoms. The van der Waals surface area contributed by atoms with Crippen molar-refractivity contribution < 1.29 is 4.79 Å². The molecule has 0 fully saturated rings. The molecular formula is C16H12IN3O. The molecule has 0 spiro atoms. The normalized spacial score (nSPS) is 10.3. The van der Waals surface area contributed by atoms with Gasteiger partial charge in [0.25, 0.3) is 5.91 Å². The third kappa shape index (κ3) is 3.13. The summed E-state index contributed by atoms with van der Waals surface area (Å²) in [7, 11) is 0. The Bertz CT molecular complexity index is 751. The summed E-state index contributed by atoms with van der Waals surface area (Å²) in [5.74, 6) is -0.126. The Kier molecular flexibility index (Phi) is 4.01. The van der Waals surface area contributed by atoms with Crippen LogP contribution < -0.4 is 5.32 Å². The molecule has 0 radical (unpaired) electrons. The Morgan fingerprint density at radius 2 is 1.86 bits per heavy atom. The van der Waals surface area contributed by atoms with Gasteiger partial charge in [0.1, 0.15) is 0 Å². The van der Waals surface area contributed by atoms with Gasteiger partial charge in [-0.15, -0.1) is 0 Å². The van der Waals surface area contributed by atoms with Crippen LogP contribution in [0.25, 0.3) is 5.69 Å². The average Bonchev–Trinajstić information content (AvgIpc) is 3.02. The molecule has 1 aromatic heterocycles. The van der Waals surface area contributed by atoms with E-state index >= 15 is 0 Å². The van der Waals surface area contributed by atoms with Gasteiger partial charge in [0.15, 0.2) is 0 Å². The molecule has 0 unspecified atom stereocenters. The van der Waals surface area contributed by atoms with Gasteiger partial charge in [-0.25, -0.2) is 4.98 Å². The monoisotopic (exact) mass is 389 g/mol. The van der Waals surface area contributed by atoms with Crippen LogP contribution in [0.15, 0.2) is 67.3 Å². The highest BCUT2D eigenvalue weighted by atomic mass is 127. The number of nitrogens with zero attached hydrogens (tertiary/aromatic N) is 2. The predicted molar refractivity (Wildman–Crippen MR) is 90.7 cm³/mol. The van der Waals surface area contributed by atoms with Crippen molar-refractivity contribution in [1.82, 2.24) is 9.55 Å². The van der Waals surface area contributed by atoms with Crippen LogP contribution in [0.1, 0.15) is 10.4 Å². The van der Waals surface area contributed by atoms with Crippen LogP contribution in [-0.2, 0) is 0 Å². The Labute approximate surface area is 136 Å². The van der Waals surface area contributed by atoms with Gasteiger partial charge in [-0.2, -0.15) is 0 Å². The lowest BCUT2D eigenvalue weighted by molar-refractivity contribution is 0.102. The molecule has 0 aliphatic carbocycles. The molecule has 1 N–H and O–H groups in total. The van der Waals surface area contributed by atoms with Crippen LogP contribution in [0, 0.1) is 3.57 Å². The standard InChI is InChI=1S/C16H12IN3O/c17-13-7-5-12(6-8-13)16(21)19-14-3-1-2-4-15(14)20-10-9-18-11-20/h1-11H,(H,19,21). The summed E-state index contributed by atoms with van der Waals surface area (Å²) < 4.78 is 2.96. The number of nitrogens with one attached hydrogen (secondary N) is 1. The predicted octanol–water partition coefficient (Wildman–Crippen LogP) is 3.73. The number of para-hydroxylation sites is 2. The summed E-state index contributed by atoms with van der Waals surface area (Å²) >= 11 is 2.21. The van der Waals surface area contributed by atoms with Crippen molar-refractivity contribution in [3.05, 3.63) is 76.4 Å². The smallest absolute Gasteiger partial charge is 0.255 e. The molecule has 1 amide bonds. The van der Waals surface area contributed by atoms with Crippen molar-refractivity contribution in [2.45, 2.75) is 0 Å². The molecule has 4 nitrogen and oxygen atoms in total. The zero-order chi connectivity index (χ0) is 14.7. The number of benzene rings is 2. The minimum absolute atomic E-state index is 0.126. The van der Waals surface area contributed by atoms with Crippen molar-refractivity contribution in [3.63, 3.8) is 0 Å². The maximum Gasteiger partial charge on any atom is 0.255 e. The van der Waals surface area contributed by atoms with E-state index in [-0.39, 0.29) is 5.91 Å². The molecule has 0 atom stereocenters. The molecule has 0 saturated heterocycles. The van der Waals surface area contributed by atoms with Crippen LogP contribution in [0.3, 0.4) is 0 Å². The fourth-order valence-corrected chi connectivity index (χ4v) is 2.36. The van der Waals surface area contributed by atoms with Crippen molar-refractivity contribution >= 4 is 34.2 Å². The molecule has 0 saturated carbocycles. The quantitative estimate of drug-likeness (QED) is 0.694. The lowest BCUT2D eigenvalue weighted by atomic mass is 10.2. The molecular weight excluding hydrogens is 377 g/mol. The molecule has 21 heavy (non-hydrogen) atoms. The highest BCUT2D eigenvalue weighted by Gasteiger charge is 2.09. The topological polar surface area (TPSA) is 46.9 Å². The summed E-state index contributed by atoms with van der Waals surface area (Å²) in [4.78, 5) is 16.3. The first-order chi connectivity index (χ1) is 10.2. The number of rotatable bonds is 3. The maximum absolute atomic E-state index is 12.3. The van der Waals surface area contributed by atoms with Crippen LogP contribution in [0.4, 0.5) is 5.69 Å². The number of anilines is 1. The van der Waals surface area contributed by atoms with E-state index in [0.29, 0.717) is 5.56 Å². The zero-order valence-electron chi connectivity index (χ0n) is 11.0. The van der Waals surface area contributed by atoms with E-state index < -0.39 is 0 Å². The molecule has 0 aliphatic rings. The molecule has 0 bridgehead atoms. The number of carbonyl (C=O) groups is 1. The van der Waals surface area contributed by atoms with Crippen molar-refractivity contribution in [1.29, 1.82) is 0 Å². The summed E-state index contributed by atoms with van der Waals surface area (Å²) in [5.41, 5.74) is 2.27. The van der Waals surface area contributed by atoms with Gasteiger partial charge >= 0.3 is 0 Å². The number of halogens is 1. The fraction of sp³-hybridized carbons (Fsp3) is 0. The van der Waals surface area contributed by atoms with Gasteiger partial charge in [0.05, 0.1) is 17.7 Å². The molecule has 3 rings (SSSR count). The summed E-state index contributed by atoms with van der Waals surface area (Å²) in [6.07, 6.45) is 5.25. The van der Waals surface area contributed by atoms with Crippen molar-refractivity contribution in [2.24, 2.45) is 0 Å². The van der Waals surface area contributed by atoms with Gasteiger partial charge < -0.3 is 9.88 Å². The minimum Gasteiger partial charge on any atom is -0.320 e. The first-order valence-corrected chi connectivity index (χ1v) is 7.46. The van der Waals surface area contributed by atoms with Crippen LogP contribution >= 0.6 is 22.6 Å². The summed E-state index contributed by atoms with van der Waals surface area (Å²) in [6, 6.07) is 15.1. The number of aromatic nitrogens is 2. The van der Waals surface area contributed by atoms with Gasteiger partial charge in [-0.05, 0) is 59.0 Å². The van der Waals surface area contributed by atoms with E-state index in [2.05, 4.69) is 32.9 Å². The van der Waals surface area contributed by atoms with E-state index in [1.54, 1.807) is 12.5 Å². The highest BCUT2D eigenvalue weighted by molar-refractivity contribution is 14.1. The van der Waals surface area contributed by atoms with E-state index in [9.17, 15) is 4.79 Å². The molecule has 104 valence electrons. The van der Waals surface area contributed by atoms with Crippen molar-refractivity contribution in [2.75, 3.05) is 5.32 Å². The third-order valence-corrected chi connectivity index (χ3v) is 3.76. The van der Waals surface area contributed by atoms with E-state index in [1.165, 1.54) is 0 Å². The van der Waals surface area contributed by atoms with E-state index in [0.717, 1.165) is 14.9 Å². The summed E-state index contributed by atoms with van der Waals surface area (Å²) in [6.45, 7) is 0. The van der Waals surface area contributed by atoms with Gasteiger partial charge in [0.2, 0.25) is 0 Å². The number of imidazole rings is 1. The molecule has 3 aromatic rings.